The first kappa shape index (κ1) is 77.2. The van der Waals surface area contributed by atoms with E-state index < -0.39 is 123 Å². The van der Waals surface area contributed by atoms with E-state index in [0.717, 1.165) is 25.7 Å². The van der Waals surface area contributed by atoms with Crippen LogP contribution in [0.5, 0.6) is 0 Å². The third-order valence-corrected chi connectivity index (χ3v) is 17.9. The van der Waals surface area contributed by atoms with E-state index in [1.807, 2.05) is 0 Å². The molecule has 2 amide bonds. The highest BCUT2D eigenvalue weighted by Crippen LogP contribution is 2.38. The predicted octanol–water partition coefficient (Wildman–Crippen LogP) is 10.0. The fourth-order valence-corrected chi connectivity index (χ4v) is 12.4. The molecular formula is C81H86N2O22. The topological polar surface area (TPSA) is 311 Å². The summed E-state index contributed by atoms with van der Waals surface area (Å²) in [4.78, 5) is 129. The molecule has 3 aliphatic heterocycles. The molecule has 24 nitrogen and oxygen atoms in total. The minimum atomic E-state index is -2.09. The second-order valence-electron chi connectivity index (χ2n) is 25.5. The molecule has 0 aromatic heterocycles. The van der Waals surface area contributed by atoms with E-state index >= 15 is 0 Å². The molecule has 10 rings (SSSR count). The molecule has 0 saturated carbocycles. The number of esters is 7. The lowest BCUT2D eigenvalue weighted by molar-refractivity contribution is -0.356. The number of carbonyl (C=O) groups is 9. The van der Waals surface area contributed by atoms with Crippen molar-refractivity contribution in [3.8, 4) is 0 Å². The van der Waals surface area contributed by atoms with Gasteiger partial charge in [0.25, 0.3) is 0 Å². The molecule has 0 bridgehead atoms. The number of ether oxygens (including phenoxy) is 11. The second-order valence-corrected chi connectivity index (χ2v) is 25.5. The van der Waals surface area contributed by atoms with Crippen molar-refractivity contribution in [1.29, 1.82) is 0 Å². The molecule has 7 aromatic rings. The van der Waals surface area contributed by atoms with Crippen LogP contribution in [0.15, 0.2) is 212 Å². The number of benzene rings is 7. The molecule has 105 heavy (non-hydrogen) atoms. The van der Waals surface area contributed by atoms with Crippen molar-refractivity contribution in [3.63, 3.8) is 0 Å². The quantitative estimate of drug-likeness (QED) is 0.0189. The first-order valence-electron chi connectivity index (χ1n) is 35.4. The number of carbonyl (C=O) groups excluding carboxylic acids is 9. The van der Waals surface area contributed by atoms with Gasteiger partial charge in [0.2, 0.25) is 11.8 Å². The van der Waals surface area contributed by atoms with E-state index in [1.165, 1.54) is 84.9 Å². The number of β-amino-alcohol motifs (C(OH)–C–C–N with tert-alkyl or cyclic N) is 1. The van der Waals surface area contributed by atoms with Crippen molar-refractivity contribution >= 4 is 53.6 Å². The Morgan fingerprint density at radius 1 is 0.390 bits per heavy atom. The summed E-state index contributed by atoms with van der Waals surface area (Å²) in [6.45, 7) is -0.994. The lowest BCUT2D eigenvalue weighted by atomic mass is 9.95. The highest BCUT2D eigenvalue weighted by atomic mass is 16.8. The van der Waals surface area contributed by atoms with Crippen LogP contribution in [0.25, 0.3) is 0 Å². The highest BCUT2D eigenvalue weighted by molar-refractivity contribution is 5.93. The first-order chi connectivity index (χ1) is 51.2. The monoisotopic (exact) mass is 1440 g/mol. The largest absolute Gasteiger partial charge is 0.459 e. The SMILES string of the molecule is O=C(CCCCCCCCOC1OC(COC(=O)c2ccccc2)C(OC2OC(COC(=O)c3ccccc3)C(OC(=O)c3ccccc3)C(OC(=O)c3ccccc3)C2OC(=O)c2ccccc2)C(OC(=O)c2ccccc2)C1OC(=O)c1ccccc1)NCCCCCC(=O)N1C[C@H](O)C[C@H]1CO. The van der Waals surface area contributed by atoms with E-state index in [9.17, 15) is 53.4 Å². The Morgan fingerprint density at radius 2 is 0.733 bits per heavy atom. The summed E-state index contributed by atoms with van der Waals surface area (Å²) >= 11 is 0. The first-order valence-corrected chi connectivity index (χ1v) is 35.4. The van der Waals surface area contributed by atoms with Crippen LogP contribution < -0.4 is 5.32 Å². The van der Waals surface area contributed by atoms with E-state index in [1.54, 1.807) is 132 Å². The summed E-state index contributed by atoms with van der Waals surface area (Å²) < 4.78 is 71.4. The Morgan fingerprint density at radius 3 is 1.17 bits per heavy atom. The van der Waals surface area contributed by atoms with Crippen LogP contribution in [0, 0.1) is 0 Å². The Bertz CT molecular complexity index is 3920. The smallest absolute Gasteiger partial charge is 0.338 e. The number of nitrogens with zero attached hydrogens (tertiary/aromatic N) is 1. The van der Waals surface area contributed by atoms with Crippen molar-refractivity contribution in [2.45, 2.75) is 151 Å². The van der Waals surface area contributed by atoms with Gasteiger partial charge in [0, 0.05) is 32.5 Å². The van der Waals surface area contributed by atoms with Gasteiger partial charge in [0.15, 0.2) is 43.1 Å². The zero-order valence-corrected chi connectivity index (χ0v) is 57.9. The predicted molar refractivity (Wildman–Crippen MR) is 377 cm³/mol. The molecule has 3 aliphatic rings. The van der Waals surface area contributed by atoms with E-state index in [0.29, 0.717) is 57.9 Å². The summed E-state index contributed by atoms with van der Waals surface area (Å²) in [7, 11) is 0. The molecule has 24 heteroatoms. The lowest BCUT2D eigenvalue weighted by Gasteiger charge is -2.48. The van der Waals surface area contributed by atoms with Gasteiger partial charge in [-0.3, -0.25) is 9.59 Å². The number of likely N-dealkylation sites (tertiary alicyclic amines) is 1. The second kappa shape index (κ2) is 40.0. The lowest BCUT2D eigenvalue weighted by Crippen LogP contribution is -2.67. The van der Waals surface area contributed by atoms with Gasteiger partial charge in [0.05, 0.1) is 57.7 Å². The zero-order chi connectivity index (χ0) is 73.7. The summed E-state index contributed by atoms with van der Waals surface area (Å²) in [5.74, 6) is -6.77. The average Bonchev–Trinajstić information content (AvgIpc) is 0.883. The zero-order valence-electron chi connectivity index (χ0n) is 57.9. The van der Waals surface area contributed by atoms with Crippen molar-refractivity contribution < 1.29 is 105 Å². The fourth-order valence-electron chi connectivity index (χ4n) is 12.4. The maximum Gasteiger partial charge on any atom is 0.338 e. The van der Waals surface area contributed by atoms with Crippen LogP contribution in [0.4, 0.5) is 0 Å². The molecule has 3 N–H and O–H groups in total. The Hall–Kier alpha value is -10.5. The van der Waals surface area contributed by atoms with Crippen LogP contribution in [-0.2, 0) is 61.7 Å². The van der Waals surface area contributed by atoms with Crippen LogP contribution >= 0.6 is 0 Å². The highest BCUT2D eigenvalue weighted by Gasteiger charge is 2.59. The van der Waals surface area contributed by atoms with Gasteiger partial charge in [-0.25, -0.2) is 33.6 Å². The van der Waals surface area contributed by atoms with Crippen LogP contribution in [0.3, 0.4) is 0 Å². The number of unbranched alkanes of at least 4 members (excludes halogenated alkanes) is 7. The molecule has 0 spiro atoms. The third-order valence-electron chi connectivity index (χ3n) is 17.9. The van der Waals surface area contributed by atoms with Crippen molar-refractivity contribution in [3.05, 3.63) is 251 Å². The number of rotatable bonds is 35. The average molecular weight is 1440 g/mol. The van der Waals surface area contributed by atoms with Gasteiger partial charge < -0.3 is 72.5 Å². The van der Waals surface area contributed by atoms with Gasteiger partial charge in [0.1, 0.15) is 31.5 Å². The molecule has 3 heterocycles. The summed E-state index contributed by atoms with van der Waals surface area (Å²) in [6, 6.07) is 54.5. The Balaban J connectivity index is 0.946. The molecular weight excluding hydrogens is 1350 g/mol. The summed E-state index contributed by atoms with van der Waals surface area (Å²) in [5.41, 5.74) is 0.363. The molecule has 552 valence electrons. The van der Waals surface area contributed by atoms with Gasteiger partial charge >= 0.3 is 41.8 Å². The number of hydrogen-bond donors (Lipinski definition) is 3. The molecule has 7 aromatic carbocycles. The third kappa shape index (κ3) is 22.5. The Labute approximate surface area is 608 Å². The van der Waals surface area contributed by atoms with E-state index in [-0.39, 0.29) is 76.6 Å². The summed E-state index contributed by atoms with van der Waals surface area (Å²) in [6.07, 6.45) is -11.9. The van der Waals surface area contributed by atoms with Crippen LogP contribution in [0.2, 0.25) is 0 Å². The van der Waals surface area contributed by atoms with Gasteiger partial charge in [-0.05, 0) is 117 Å². The molecule has 3 fully saturated rings. The number of hydrogen-bond acceptors (Lipinski definition) is 22. The van der Waals surface area contributed by atoms with E-state index in [2.05, 4.69) is 5.32 Å². The number of amides is 2. The standard InChI is InChI=1S/C81H86N2O22/c84-51-61-49-62(85)50-83(61)66(87)46-28-12-29-47-82-65(86)45-27-3-1-2-4-30-48-95-80-71(103-78(93)59-41-23-10-24-42-59)70(102-77(92)58-39-21-9-22-40-58)68(64(98-80)53-97-74(89)55-33-15-6-16-34-55)105-81-72(104-79(94)60-43-25-11-26-44-60)69(101-76(91)57-37-19-8-20-38-57)67(100-75(90)56-35-17-7-18-36-56)63(99-81)52-96-73(88)54-31-13-5-14-32-54/h5-11,13-26,31-44,61-64,67-72,80-81,84-85H,1-4,12,27-30,45-53H2,(H,82,86)/t61-,62+,63?,64?,67?,68?,69?,70?,71?,72?,80?,81?/m0/s1. The fraction of sp³-hybridized carbons (Fsp3) is 0.370. The normalized spacial score (nSPS) is 21.9. The number of nitrogens with one attached hydrogen (secondary N) is 1. The Kier molecular flexibility index (Phi) is 29.4. The summed E-state index contributed by atoms with van der Waals surface area (Å²) in [5, 5.41) is 22.5. The molecule has 3 saturated heterocycles. The minimum absolute atomic E-state index is 0.00250. The van der Waals surface area contributed by atoms with Gasteiger partial charge in [-0.2, -0.15) is 0 Å². The molecule has 0 radical (unpaired) electrons. The van der Waals surface area contributed by atoms with Crippen LogP contribution in [0.1, 0.15) is 150 Å². The van der Waals surface area contributed by atoms with Crippen molar-refractivity contribution in [2.75, 3.05) is 39.5 Å². The molecule has 0 aliphatic carbocycles. The van der Waals surface area contributed by atoms with Gasteiger partial charge in [-0.15, -0.1) is 0 Å². The maximum atomic E-state index is 14.9. The van der Waals surface area contributed by atoms with Crippen molar-refractivity contribution in [2.24, 2.45) is 0 Å². The minimum Gasteiger partial charge on any atom is -0.459 e. The molecule has 12 atom stereocenters. The number of aliphatic hydroxyl groups is 2. The molecule has 10 unspecified atom stereocenters. The van der Waals surface area contributed by atoms with Crippen molar-refractivity contribution in [1.82, 2.24) is 10.2 Å². The number of aliphatic hydroxyl groups excluding tert-OH is 2. The van der Waals surface area contributed by atoms with Gasteiger partial charge in [-0.1, -0.05) is 159 Å². The van der Waals surface area contributed by atoms with E-state index in [4.69, 9.17) is 52.1 Å². The van der Waals surface area contributed by atoms with Crippen LogP contribution in [-0.4, -0.2) is 182 Å². The maximum absolute atomic E-state index is 14.9.